The van der Waals surface area contributed by atoms with Crippen LogP contribution >= 0.6 is 27.5 Å². The van der Waals surface area contributed by atoms with Crippen molar-refractivity contribution < 1.29 is 9.72 Å². The molecule has 1 aromatic carbocycles. The maximum Gasteiger partial charge on any atom is 0.282 e. The molecule has 0 unspecified atom stereocenters. The number of rotatable bonds is 6. The van der Waals surface area contributed by atoms with Gasteiger partial charge in [-0.05, 0) is 37.8 Å². The number of amides is 1. The van der Waals surface area contributed by atoms with Crippen LogP contribution in [0.3, 0.4) is 0 Å². The molecule has 2 rings (SSSR count). The SMILES string of the molecule is O=C(c1cc(Cl)ccc1[N+](=O)[O-])N(CCCBr)C1CCC1. The molecule has 0 aliphatic heterocycles. The number of alkyl halides is 1. The zero-order chi connectivity index (χ0) is 15.4. The lowest BCUT2D eigenvalue weighted by atomic mass is 9.90. The Morgan fingerprint density at radius 3 is 2.71 bits per heavy atom. The molecule has 0 spiro atoms. The number of halogens is 2. The Morgan fingerprint density at radius 1 is 1.48 bits per heavy atom. The van der Waals surface area contributed by atoms with E-state index in [-0.39, 0.29) is 23.2 Å². The maximum atomic E-state index is 12.7. The number of carbonyl (C=O) groups is 1. The Morgan fingerprint density at radius 2 is 2.19 bits per heavy atom. The fourth-order valence-electron chi connectivity index (χ4n) is 2.37. The van der Waals surface area contributed by atoms with Crippen molar-refractivity contribution in [3.05, 3.63) is 38.9 Å². The van der Waals surface area contributed by atoms with Crippen LogP contribution in [0, 0.1) is 10.1 Å². The molecular weight excluding hydrogens is 360 g/mol. The van der Waals surface area contributed by atoms with Crippen molar-refractivity contribution in [3.8, 4) is 0 Å². The fraction of sp³-hybridized carbons (Fsp3) is 0.500. The minimum absolute atomic E-state index is 0.0778. The number of benzene rings is 1. The topological polar surface area (TPSA) is 63.4 Å². The first-order valence-electron chi connectivity index (χ1n) is 6.85. The lowest BCUT2D eigenvalue weighted by molar-refractivity contribution is -0.385. The van der Waals surface area contributed by atoms with Crippen LogP contribution in [0.5, 0.6) is 0 Å². The number of hydrogen-bond donors (Lipinski definition) is 0. The highest BCUT2D eigenvalue weighted by Gasteiger charge is 2.32. The third kappa shape index (κ3) is 3.74. The highest BCUT2D eigenvalue weighted by atomic mass is 79.9. The van der Waals surface area contributed by atoms with Crippen molar-refractivity contribution in [2.45, 2.75) is 31.7 Å². The second-order valence-corrected chi connectivity index (χ2v) is 6.27. The Labute approximate surface area is 136 Å². The average molecular weight is 376 g/mol. The Hall–Kier alpha value is -1.14. The van der Waals surface area contributed by atoms with Crippen molar-refractivity contribution in [1.29, 1.82) is 0 Å². The van der Waals surface area contributed by atoms with Gasteiger partial charge in [0, 0.05) is 29.0 Å². The molecule has 0 atom stereocenters. The van der Waals surface area contributed by atoms with E-state index in [4.69, 9.17) is 11.6 Å². The third-order valence-electron chi connectivity index (χ3n) is 3.69. The Bertz CT molecular complexity index is 549. The molecule has 5 nitrogen and oxygen atoms in total. The van der Waals surface area contributed by atoms with Gasteiger partial charge in [0.15, 0.2) is 0 Å². The first-order valence-corrected chi connectivity index (χ1v) is 8.35. The molecular formula is C14H16BrClN2O3. The van der Waals surface area contributed by atoms with Crippen molar-refractivity contribution in [2.24, 2.45) is 0 Å². The van der Waals surface area contributed by atoms with Crippen LogP contribution in [0.25, 0.3) is 0 Å². The zero-order valence-corrected chi connectivity index (χ0v) is 13.8. The first-order chi connectivity index (χ1) is 10.0. The second kappa shape index (κ2) is 7.22. The highest BCUT2D eigenvalue weighted by Crippen LogP contribution is 2.30. The van der Waals surface area contributed by atoms with Gasteiger partial charge < -0.3 is 4.90 Å². The molecule has 1 fully saturated rings. The fourth-order valence-corrected chi connectivity index (χ4v) is 2.79. The van der Waals surface area contributed by atoms with E-state index >= 15 is 0 Å². The summed E-state index contributed by atoms with van der Waals surface area (Å²) in [4.78, 5) is 25.0. The summed E-state index contributed by atoms with van der Waals surface area (Å²) in [5.74, 6) is -0.296. The van der Waals surface area contributed by atoms with Gasteiger partial charge >= 0.3 is 0 Å². The summed E-state index contributed by atoms with van der Waals surface area (Å²) in [7, 11) is 0. The lowest BCUT2D eigenvalue weighted by Gasteiger charge is -2.37. The first kappa shape index (κ1) is 16.2. The normalized spacial score (nSPS) is 14.6. The summed E-state index contributed by atoms with van der Waals surface area (Å²) < 4.78 is 0. The quantitative estimate of drug-likeness (QED) is 0.428. The smallest absolute Gasteiger partial charge is 0.282 e. The predicted molar refractivity (Wildman–Crippen MR) is 85.2 cm³/mol. The van der Waals surface area contributed by atoms with Crippen LogP contribution in [-0.2, 0) is 0 Å². The van der Waals surface area contributed by atoms with Crippen molar-refractivity contribution in [3.63, 3.8) is 0 Å². The van der Waals surface area contributed by atoms with E-state index in [1.165, 1.54) is 18.2 Å². The number of hydrogen-bond acceptors (Lipinski definition) is 3. The van der Waals surface area contributed by atoms with Crippen molar-refractivity contribution in [2.75, 3.05) is 11.9 Å². The molecule has 1 amide bonds. The van der Waals surface area contributed by atoms with E-state index in [1.807, 2.05) is 0 Å². The van der Waals surface area contributed by atoms with E-state index < -0.39 is 4.92 Å². The summed E-state index contributed by atoms with van der Waals surface area (Å²) in [5.41, 5.74) is -0.110. The molecule has 0 heterocycles. The van der Waals surface area contributed by atoms with Gasteiger partial charge in [-0.15, -0.1) is 0 Å². The molecule has 0 aromatic heterocycles. The van der Waals surface area contributed by atoms with Crippen LogP contribution in [0.2, 0.25) is 5.02 Å². The number of carbonyl (C=O) groups excluding carboxylic acids is 1. The van der Waals surface area contributed by atoms with Crippen molar-refractivity contribution >= 4 is 39.1 Å². The van der Waals surface area contributed by atoms with Gasteiger partial charge in [0.05, 0.1) is 4.92 Å². The van der Waals surface area contributed by atoms with Crippen LogP contribution in [0.4, 0.5) is 5.69 Å². The summed E-state index contributed by atoms with van der Waals surface area (Å²) in [5, 5.41) is 12.2. The highest BCUT2D eigenvalue weighted by molar-refractivity contribution is 9.09. The lowest BCUT2D eigenvalue weighted by Crippen LogP contribution is -2.45. The number of nitro groups is 1. The molecule has 0 bridgehead atoms. The summed E-state index contributed by atoms with van der Waals surface area (Å²) in [6.45, 7) is 0.596. The van der Waals surface area contributed by atoms with Gasteiger partial charge in [-0.3, -0.25) is 14.9 Å². The van der Waals surface area contributed by atoms with E-state index in [1.54, 1.807) is 4.90 Å². The van der Waals surface area contributed by atoms with Gasteiger partial charge in [-0.25, -0.2) is 0 Å². The van der Waals surface area contributed by atoms with E-state index in [2.05, 4.69) is 15.9 Å². The molecule has 1 aliphatic carbocycles. The molecule has 1 aromatic rings. The summed E-state index contributed by atoms with van der Waals surface area (Å²) in [6, 6.07) is 4.30. The van der Waals surface area contributed by atoms with E-state index in [9.17, 15) is 14.9 Å². The third-order valence-corrected chi connectivity index (χ3v) is 4.49. The van der Waals surface area contributed by atoms with Crippen LogP contribution in [-0.4, -0.2) is 33.6 Å². The number of nitrogens with zero attached hydrogens (tertiary/aromatic N) is 2. The summed E-state index contributed by atoms with van der Waals surface area (Å²) in [6.07, 6.45) is 3.84. The molecule has 0 N–H and O–H groups in total. The molecule has 1 aliphatic rings. The molecule has 114 valence electrons. The molecule has 1 saturated carbocycles. The molecule has 0 saturated heterocycles. The second-order valence-electron chi connectivity index (χ2n) is 5.04. The van der Waals surface area contributed by atoms with Gasteiger partial charge in [0.1, 0.15) is 5.56 Å². The van der Waals surface area contributed by atoms with Gasteiger partial charge in [0.2, 0.25) is 0 Å². The molecule has 0 radical (unpaired) electrons. The largest absolute Gasteiger partial charge is 0.335 e. The van der Waals surface area contributed by atoms with Crippen molar-refractivity contribution in [1.82, 2.24) is 4.90 Å². The van der Waals surface area contributed by atoms with Crippen LogP contribution < -0.4 is 0 Å². The molecule has 21 heavy (non-hydrogen) atoms. The monoisotopic (exact) mass is 374 g/mol. The van der Waals surface area contributed by atoms with Gasteiger partial charge in [0.25, 0.3) is 11.6 Å². The standard InChI is InChI=1S/C14H16BrClN2O3/c15-7-2-8-17(11-3-1-4-11)14(19)12-9-10(16)5-6-13(12)18(20)21/h5-6,9,11H,1-4,7-8H2. The minimum Gasteiger partial charge on any atom is -0.335 e. The van der Waals surface area contributed by atoms with Gasteiger partial charge in [-0.1, -0.05) is 27.5 Å². The predicted octanol–water partition coefficient (Wildman–Crippen LogP) is 4.03. The number of nitro benzene ring substituents is 1. The Kier molecular flexibility index (Phi) is 5.58. The van der Waals surface area contributed by atoms with Crippen LogP contribution in [0.15, 0.2) is 18.2 Å². The minimum atomic E-state index is -0.535. The van der Waals surface area contributed by atoms with Gasteiger partial charge in [-0.2, -0.15) is 0 Å². The van der Waals surface area contributed by atoms with E-state index in [0.717, 1.165) is 31.0 Å². The average Bonchev–Trinajstić information content (AvgIpc) is 2.40. The van der Waals surface area contributed by atoms with Crippen LogP contribution in [0.1, 0.15) is 36.0 Å². The Balaban J connectivity index is 2.30. The van der Waals surface area contributed by atoms with E-state index in [0.29, 0.717) is 11.6 Å². The maximum absolute atomic E-state index is 12.7. The molecule has 7 heteroatoms. The summed E-state index contributed by atoms with van der Waals surface area (Å²) >= 11 is 9.26. The zero-order valence-electron chi connectivity index (χ0n) is 11.4.